The van der Waals surface area contributed by atoms with Crippen LogP contribution < -0.4 is 11.1 Å². The number of phenolic OH excluding ortho intramolecular Hbond substituents is 3. The summed E-state index contributed by atoms with van der Waals surface area (Å²) < 4.78 is 2.19. The number of carbonyl (C=O) groups excluding carboxylic acids is 1. The Morgan fingerprint density at radius 1 is 0.973 bits per heavy atom. The number of nitrogens with one attached hydrogen (secondary N) is 1. The van der Waals surface area contributed by atoms with Gasteiger partial charge in [0.2, 0.25) is 0 Å². The van der Waals surface area contributed by atoms with Crippen LogP contribution in [0, 0.1) is 0 Å². The SMILES string of the molecule is CCCc1nc2c(N)nc3ccccc3c2n1Cc1cccc(CNC(=O)c2cc(O)c(O)c(O)c2)c1. The van der Waals surface area contributed by atoms with E-state index in [4.69, 9.17) is 10.7 Å². The molecule has 9 nitrogen and oxygen atoms in total. The molecule has 0 bridgehead atoms. The van der Waals surface area contributed by atoms with Crippen molar-refractivity contribution >= 4 is 33.7 Å². The number of aromatic nitrogens is 3. The van der Waals surface area contributed by atoms with Crippen molar-refractivity contribution < 1.29 is 20.1 Å². The molecule has 3 aromatic carbocycles. The van der Waals surface area contributed by atoms with Crippen molar-refractivity contribution in [3.63, 3.8) is 0 Å². The zero-order valence-corrected chi connectivity index (χ0v) is 20.3. The minimum Gasteiger partial charge on any atom is -0.504 e. The second-order valence-electron chi connectivity index (χ2n) is 8.94. The Bertz CT molecular complexity index is 1620. The van der Waals surface area contributed by atoms with Crippen LogP contribution in [0.2, 0.25) is 0 Å². The summed E-state index contributed by atoms with van der Waals surface area (Å²) in [6.45, 7) is 2.92. The van der Waals surface area contributed by atoms with Gasteiger partial charge in [0.25, 0.3) is 5.91 Å². The van der Waals surface area contributed by atoms with E-state index in [2.05, 4.69) is 21.8 Å². The highest BCUT2D eigenvalue weighted by Gasteiger charge is 2.18. The first-order valence-electron chi connectivity index (χ1n) is 12.0. The van der Waals surface area contributed by atoms with Crippen LogP contribution >= 0.6 is 0 Å². The summed E-state index contributed by atoms with van der Waals surface area (Å²) in [6.07, 6.45) is 1.73. The normalized spacial score (nSPS) is 11.3. The molecule has 37 heavy (non-hydrogen) atoms. The number of hydrogen-bond acceptors (Lipinski definition) is 7. The van der Waals surface area contributed by atoms with Gasteiger partial charge in [-0.05, 0) is 35.7 Å². The number of imidazole rings is 1. The van der Waals surface area contributed by atoms with Gasteiger partial charge >= 0.3 is 0 Å². The quantitative estimate of drug-likeness (QED) is 0.212. The number of fused-ring (bicyclic) bond motifs is 3. The second kappa shape index (κ2) is 9.69. The van der Waals surface area contributed by atoms with Crippen LogP contribution in [0.15, 0.2) is 60.7 Å². The molecule has 9 heteroatoms. The molecule has 1 amide bonds. The van der Waals surface area contributed by atoms with Crippen molar-refractivity contribution in [1.29, 1.82) is 0 Å². The lowest BCUT2D eigenvalue weighted by Gasteiger charge is -2.12. The number of pyridine rings is 1. The van der Waals surface area contributed by atoms with Crippen molar-refractivity contribution in [2.75, 3.05) is 5.73 Å². The van der Waals surface area contributed by atoms with Gasteiger partial charge in [0.15, 0.2) is 23.1 Å². The highest BCUT2D eigenvalue weighted by atomic mass is 16.3. The third-order valence-electron chi connectivity index (χ3n) is 6.28. The predicted molar refractivity (Wildman–Crippen MR) is 142 cm³/mol. The Morgan fingerprint density at radius 2 is 1.70 bits per heavy atom. The van der Waals surface area contributed by atoms with Crippen LogP contribution in [-0.4, -0.2) is 35.8 Å². The van der Waals surface area contributed by atoms with E-state index in [0.29, 0.717) is 17.9 Å². The first-order valence-corrected chi connectivity index (χ1v) is 12.0. The van der Waals surface area contributed by atoms with E-state index in [1.807, 2.05) is 48.5 Å². The monoisotopic (exact) mass is 497 g/mol. The number of aromatic hydroxyl groups is 3. The summed E-state index contributed by atoms with van der Waals surface area (Å²) in [7, 11) is 0. The molecule has 5 aromatic rings. The largest absolute Gasteiger partial charge is 0.504 e. The first kappa shape index (κ1) is 23.9. The number of nitrogens with two attached hydrogens (primary N) is 1. The number of hydrogen-bond donors (Lipinski definition) is 5. The summed E-state index contributed by atoms with van der Waals surface area (Å²) in [5.41, 5.74) is 10.7. The molecule has 0 saturated carbocycles. The number of nitrogens with zero attached hydrogens (tertiary/aromatic N) is 3. The second-order valence-corrected chi connectivity index (χ2v) is 8.94. The molecule has 0 aliphatic heterocycles. The maximum atomic E-state index is 12.5. The zero-order chi connectivity index (χ0) is 26.1. The minimum atomic E-state index is -0.663. The molecule has 0 saturated heterocycles. The summed E-state index contributed by atoms with van der Waals surface area (Å²) in [4.78, 5) is 21.9. The van der Waals surface area contributed by atoms with E-state index in [1.165, 1.54) is 0 Å². The fourth-order valence-corrected chi connectivity index (χ4v) is 4.53. The molecule has 2 aromatic heterocycles. The van der Waals surface area contributed by atoms with Gasteiger partial charge < -0.3 is 30.9 Å². The molecular formula is C28H27N5O4. The Hall–Kier alpha value is -4.79. The molecule has 0 fully saturated rings. The van der Waals surface area contributed by atoms with Crippen LogP contribution in [0.25, 0.3) is 21.9 Å². The molecular weight excluding hydrogens is 470 g/mol. The van der Waals surface area contributed by atoms with Gasteiger partial charge in [-0.25, -0.2) is 9.97 Å². The molecule has 188 valence electrons. The molecule has 0 atom stereocenters. The van der Waals surface area contributed by atoms with Crippen molar-refractivity contribution in [1.82, 2.24) is 19.9 Å². The first-order chi connectivity index (χ1) is 17.9. The predicted octanol–water partition coefficient (Wildman–Crippen LogP) is 4.21. The number of rotatable bonds is 7. The minimum absolute atomic E-state index is 0.0381. The van der Waals surface area contributed by atoms with Crippen molar-refractivity contribution in [2.45, 2.75) is 32.9 Å². The Balaban J connectivity index is 1.44. The van der Waals surface area contributed by atoms with Gasteiger partial charge in [0.1, 0.15) is 11.3 Å². The average Bonchev–Trinajstić information content (AvgIpc) is 3.24. The lowest BCUT2D eigenvalue weighted by atomic mass is 10.1. The highest BCUT2D eigenvalue weighted by molar-refractivity contribution is 6.06. The molecule has 0 spiro atoms. The van der Waals surface area contributed by atoms with Crippen LogP contribution in [0.3, 0.4) is 0 Å². The summed E-state index contributed by atoms with van der Waals surface area (Å²) in [5, 5.41) is 32.6. The van der Waals surface area contributed by atoms with E-state index in [9.17, 15) is 20.1 Å². The van der Waals surface area contributed by atoms with Crippen molar-refractivity contribution in [3.8, 4) is 17.2 Å². The summed E-state index contributed by atoms with van der Waals surface area (Å²) in [6, 6.07) is 18.0. The number of phenols is 3. The molecule has 6 N–H and O–H groups in total. The lowest BCUT2D eigenvalue weighted by Crippen LogP contribution is -2.22. The Morgan fingerprint density at radius 3 is 2.46 bits per heavy atom. The number of anilines is 1. The lowest BCUT2D eigenvalue weighted by molar-refractivity contribution is 0.0950. The van der Waals surface area contributed by atoms with Gasteiger partial charge in [-0.3, -0.25) is 4.79 Å². The maximum absolute atomic E-state index is 12.5. The van der Waals surface area contributed by atoms with Crippen LogP contribution in [0.5, 0.6) is 17.2 Å². The van der Waals surface area contributed by atoms with E-state index in [0.717, 1.165) is 58.3 Å². The Kier molecular flexibility index (Phi) is 6.27. The van der Waals surface area contributed by atoms with Gasteiger partial charge in [0.05, 0.1) is 11.0 Å². The number of benzene rings is 3. The number of para-hydroxylation sites is 1. The van der Waals surface area contributed by atoms with E-state index in [1.54, 1.807) is 0 Å². The van der Waals surface area contributed by atoms with Crippen LogP contribution in [0.1, 0.15) is 40.7 Å². The summed E-state index contributed by atoms with van der Waals surface area (Å²) >= 11 is 0. The molecule has 0 radical (unpaired) electrons. The molecule has 0 unspecified atom stereocenters. The maximum Gasteiger partial charge on any atom is 0.251 e. The van der Waals surface area contributed by atoms with E-state index in [-0.39, 0.29) is 12.1 Å². The fourth-order valence-electron chi connectivity index (χ4n) is 4.53. The fraction of sp³-hybridized carbons (Fsp3) is 0.179. The number of nitrogen functional groups attached to an aromatic ring is 1. The van der Waals surface area contributed by atoms with Crippen LogP contribution in [-0.2, 0) is 19.5 Å². The van der Waals surface area contributed by atoms with Crippen molar-refractivity contribution in [3.05, 3.63) is 83.2 Å². The van der Waals surface area contributed by atoms with Gasteiger partial charge in [-0.1, -0.05) is 49.4 Å². The van der Waals surface area contributed by atoms with Gasteiger partial charge in [-0.2, -0.15) is 0 Å². The van der Waals surface area contributed by atoms with Crippen LogP contribution in [0.4, 0.5) is 5.82 Å². The standard InChI is InChI=1S/C28H27N5O4/c1-2-6-23-32-24-25(19-9-3-4-10-20(19)31-27(24)29)33(23)15-17-8-5-7-16(11-17)14-30-28(37)18-12-21(34)26(36)22(35)13-18/h3-5,7-13,34-36H,2,6,14-15H2,1H3,(H2,29,31)(H,30,37). The van der Waals surface area contributed by atoms with E-state index < -0.39 is 23.2 Å². The Labute approximate surface area is 212 Å². The summed E-state index contributed by atoms with van der Waals surface area (Å²) in [5.74, 6) is -0.933. The van der Waals surface area contributed by atoms with Gasteiger partial charge in [-0.15, -0.1) is 0 Å². The zero-order valence-electron chi connectivity index (χ0n) is 20.3. The smallest absolute Gasteiger partial charge is 0.251 e. The third-order valence-corrected chi connectivity index (χ3v) is 6.28. The molecule has 0 aliphatic carbocycles. The number of amides is 1. The average molecular weight is 498 g/mol. The van der Waals surface area contributed by atoms with Crippen molar-refractivity contribution in [2.24, 2.45) is 0 Å². The van der Waals surface area contributed by atoms with E-state index >= 15 is 0 Å². The number of carbonyl (C=O) groups is 1. The highest BCUT2D eigenvalue weighted by Crippen LogP contribution is 2.35. The topological polar surface area (TPSA) is 147 Å². The third kappa shape index (κ3) is 4.58. The molecule has 5 rings (SSSR count). The molecule has 0 aliphatic rings. The number of aryl methyl sites for hydroxylation is 1. The molecule has 2 heterocycles. The van der Waals surface area contributed by atoms with Gasteiger partial charge in [0, 0.05) is 30.5 Å².